The van der Waals surface area contributed by atoms with Crippen molar-refractivity contribution < 1.29 is 16.8 Å². The molecular formula is C18H15N5O4S2. The zero-order chi connectivity index (χ0) is 20.5. The van der Waals surface area contributed by atoms with Crippen molar-refractivity contribution in [1.82, 2.24) is 0 Å². The Morgan fingerprint density at radius 2 is 1.17 bits per heavy atom. The number of nitrogens with zero attached hydrogens (tertiary/aromatic N) is 3. The zero-order valence-corrected chi connectivity index (χ0v) is 16.4. The molecule has 1 heterocycles. The second-order valence-corrected chi connectivity index (χ2v) is 9.40. The number of hydrogen-bond donors (Lipinski definition) is 2. The topological polar surface area (TPSA) is 120 Å². The van der Waals surface area contributed by atoms with Gasteiger partial charge >= 0.3 is 0 Å². The summed E-state index contributed by atoms with van der Waals surface area (Å²) in [6.45, 7) is 0. The average molecular weight is 429 g/mol. The van der Waals surface area contributed by atoms with Crippen molar-refractivity contribution in [3.8, 4) is 0 Å². The normalized spacial score (nSPS) is 13.2. The van der Waals surface area contributed by atoms with Crippen molar-refractivity contribution in [3.05, 3.63) is 78.9 Å². The van der Waals surface area contributed by atoms with Crippen LogP contribution in [0, 0.1) is 0 Å². The van der Waals surface area contributed by atoms with Gasteiger partial charge in [-0.2, -0.15) is 0 Å². The first-order valence-corrected chi connectivity index (χ1v) is 11.3. The van der Waals surface area contributed by atoms with E-state index in [0.29, 0.717) is 0 Å². The largest absolute Gasteiger partial charge is 0.280 e. The Balaban J connectivity index is 1.63. The Morgan fingerprint density at radius 1 is 0.655 bits per heavy atom. The molecule has 9 nitrogen and oxygen atoms in total. The van der Waals surface area contributed by atoms with Gasteiger partial charge in [-0.1, -0.05) is 36.4 Å². The monoisotopic (exact) mass is 429 g/mol. The zero-order valence-electron chi connectivity index (χ0n) is 14.8. The number of hydrogen-bond acceptors (Lipinski definition) is 7. The molecular weight excluding hydrogens is 414 g/mol. The van der Waals surface area contributed by atoms with Gasteiger partial charge in [-0.05, 0) is 52.9 Å². The SMILES string of the molecule is O=S(=O)(Nc1ccc(NS(=O)(=O)c2ccccc2)c(N2N=N2)c1)c1ccccc1. The lowest BCUT2D eigenvalue weighted by atomic mass is 10.2. The second-order valence-electron chi connectivity index (χ2n) is 6.04. The van der Waals surface area contributed by atoms with E-state index in [1.165, 1.54) is 47.6 Å². The van der Waals surface area contributed by atoms with Crippen LogP contribution in [0.1, 0.15) is 0 Å². The van der Waals surface area contributed by atoms with Crippen molar-refractivity contribution in [1.29, 1.82) is 0 Å². The number of benzene rings is 3. The molecule has 0 aromatic heterocycles. The van der Waals surface area contributed by atoms with E-state index < -0.39 is 20.0 Å². The first-order chi connectivity index (χ1) is 13.9. The molecule has 0 atom stereocenters. The van der Waals surface area contributed by atoms with Crippen molar-refractivity contribution in [2.45, 2.75) is 9.79 Å². The molecule has 2 N–H and O–H groups in total. The van der Waals surface area contributed by atoms with Crippen molar-refractivity contribution in [3.63, 3.8) is 0 Å². The van der Waals surface area contributed by atoms with Crippen molar-refractivity contribution in [2.75, 3.05) is 14.6 Å². The fraction of sp³-hybridized carbons (Fsp3) is 0. The molecule has 11 heteroatoms. The van der Waals surface area contributed by atoms with Gasteiger partial charge in [0.15, 0.2) is 0 Å². The Kier molecular flexibility index (Phi) is 4.68. The molecule has 0 saturated heterocycles. The van der Waals surface area contributed by atoms with Gasteiger partial charge in [0, 0.05) is 0 Å². The van der Waals surface area contributed by atoms with Crippen LogP contribution < -0.4 is 14.6 Å². The summed E-state index contributed by atoms with van der Waals surface area (Å²) in [5.41, 5.74) is 0.739. The first kappa shape index (κ1) is 18.9. The van der Waals surface area contributed by atoms with Gasteiger partial charge in [-0.25, -0.2) is 16.8 Å². The highest BCUT2D eigenvalue weighted by molar-refractivity contribution is 7.93. The lowest BCUT2D eigenvalue weighted by molar-refractivity contribution is 0.599. The molecule has 0 bridgehead atoms. The van der Waals surface area contributed by atoms with Crippen LogP contribution in [0.2, 0.25) is 0 Å². The van der Waals surface area contributed by atoms with E-state index in [1.807, 2.05) is 0 Å². The molecule has 148 valence electrons. The third-order valence-electron chi connectivity index (χ3n) is 4.00. The minimum Gasteiger partial charge on any atom is -0.280 e. The number of anilines is 3. The molecule has 0 aliphatic carbocycles. The Morgan fingerprint density at radius 3 is 1.69 bits per heavy atom. The van der Waals surface area contributed by atoms with Crippen LogP contribution >= 0.6 is 0 Å². The molecule has 0 radical (unpaired) electrons. The second kappa shape index (κ2) is 7.18. The van der Waals surface area contributed by atoms with Gasteiger partial charge in [0.25, 0.3) is 20.0 Å². The van der Waals surface area contributed by atoms with Gasteiger partial charge in [-0.15, -0.1) is 5.12 Å². The van der Waals surface area contributed by atoms with E-state index in [9.17, 15) is 16.8 Å². The highest BCUT2D eigenvalue weighted by atomic mass is 32.2. The van der Waals surface area contributed by atoms with Gasteiger partial charge in [0.05, 0.1) is 21.2 Å². The molecule has 0 fully saturated rings. The van der Waals surface area contributed by atoms with Gasteiger partial charge in [0.1, 0.15) is 5.69 Å². The van der Waals surface area contributed by atoms with E-state index in [4.69, 9.17) is 0 Å². The summed E-state index contributed by atoms with van der Waals surface area (Å²) in [6.07, 6.45) is 0. The minimum absolute atomic E-state index is 0.0967. The Labute approximate surface area is 167 Å². The predicted molar refractivity (Wildman–Crippen MR) is 108 cm³/mol. The number of nitrogens with one attached hydrogen (secondary N) is 2. The maximum atomic E-state index is 12.6. The van der Waals surface area contributed by atoms with E-state index in [2.05, 4.69) is 19.9 Å². The summed E-state index contributed by atoms with van der Waals surface area (Å²) in [4.78, 5) is 0.205. The summed E-state index contributed by atoms with van der Waals surface area (Å²) < 4.78 is 55.2. The van der Waals surface area contributed by atoms with Crippen LogP contribution in [0.4, 0.5) is 17.1 Å². The van der Waals surface area contributed by atoms with Crippen molar-refractivity contribution in [2.24, 2.45) is 10.4 Å². The lowest BCUT2D eigenvalue weighted by Gasteiger charge is -2.14. The predicted octanol–water partition coefficient (Wildman–Crippen LogP) is 3.39. The van der Waals surface area contributed by atoms with E-state index in [1.54, 1.807) is 36.4 Å². The van der Waals surface area contributed by atoms with Crippen LogP contribution in [0.5, 0.6) is 0 Å². The van der Waals surface area contributed by atoms with Gasteiger partial charge in [0.2, 0.25) is 0 Å². The van der Waals surface area contributed by atoms with Crippen LogP contribution in [-0.4, -0.2) is 16.8 Å². The van der Waals surface area contributed by atoms with E-state index >= 15 is 0 Å². The van der Waals surface area contributed by atoms with Gasteiger partial charge in [-0.3, -0.25) is 9.44 Å². The summed E-state index contributed by atoms with van der Waals surface area (Å²) in [6, 6.07) is 20.1. The quantitative estimate of drug-likeness (QED) is 0.596. The molecule has 0 unspecified atom stereocenters. The third kappa shape index (κ3) is 4.20. The maximum Gasteiger partial charge on any atom is 0.261 e. The molecule has 1 aliphatic heterocycles. The summed E-state index contributed by atoms with van der Waals surface area (Å²) in [5, 5.41) is 8.55. The highest BCUT2D eigenvalue weighted by Crippen LogP contribution is 2.36. The molecule has 0 spiro atoms. The Bertz CT molecular complexity index is 1270. The van der Waals surface area contributed by atoms with Crippen LogP contribution in [0.15, 0.2) is 99.1 Å². The summed E-state index contributed by atoms with van der Waals surface area (Å²) in [5.74, 6) is 0. The number of sulfonamides is 2. The average Bonchev–Trinajstić information content (AvgIpc) is 3.55. The maximum absolute atomic E-state index is 12.6. The molecule has 3 aromatic carbocycles. The van der Waals surface area contributed by atoms with Gasteiger partial charge < -0.3 is 0 Å². The van der Waals surface area contributed by atoms with Crippen molar-refractivity contribution >= 4 is 37.1 Å². The summed E-state index contributed by atoms with van der Waals surface area (Å²) >= 11 is 0. The lowest BCUT2D eigenvalue weighted by Crippen LogP contribution is -2.15. The standard InChI is InChI=1S/C18H15N5O4S2/c24-28(25,15-7-3-1-4-8-15)19-14-11-12-17(18(13-14)23-21-22-23)20-29(26,27)16-9-5-2-6-10-16/h1-13,19-20H. The first-order valence-electron chi connectivity index (χ1n) is 8.37. The fourth-order valence-corrected chi connectivity index (χ4v) is 4.75. The van der Waals surface area contributed by atoms with Crippen LogP contribution in [0.25, 0.3) is 0 Å². The molecule has 3 aromatic rings. The van der Waals surface area contributed by atoms with E-state index in [0.717, 1.165) is 0 Å². The minimum atomic E-state index is -3.83. The summed E-state index contributed by atoms with van der Waals surface area (Å²) in [7, 11) is -7.63. The third-order valence-corrected chi connectivity index (χ3v) is 6.77. The van der Waals surface area contributed by atoms with Crippen LogP contribution in [0.3, 0.4) is 0 Å². The molecule has 0 saturated carbocycles. The number of rotatable bonds is 7. The fourth-order valence-electron chi connectivity index (χ4n) is 2.58. The molecule has 1 aliphatic rings. The van der Waals surface area contributed by atoms with E-state index in [-0.39, 0.29) is 26.9 Å². The Hall–Kier alpha value is -3.44. The molecule has 4 rings (SSSR count). The highest BCUT2D eigenvalue weighted by Gasteiger charge is 2.24. The molecule has 0 amide bonds. The smallest absolute Gasteiger partial charge is 0.261 e. The van der Waals surface area contributed by atoms with Crippen LogP contribution in [-0.2, 0) is 20.0 Å². The molecule has 29 heavy (non-hydrogen) atoms.